The fraction of sp³-hybridized carbons (Fsp3) is 0. The van der Waals surface area contributed by atoms with E-state index in [1.165, 1.54) is 116 Å². The second kappa shape index (κ2) is 10.5. The van der Waals surface area contributed by atoms with Gasteiger partial charge in [-0.1, -0.05) is 96.5 Å². The van der Waals surface area contributed by atoms with E-state index in [0.717, 1.165) is 0 Å². The number of anilines is 3. The molecular weight excluding hydrogens is 698 g/mol. The number of thiophene rings is 3. The molecule has 0 saturated heterocycles. The van der Waals surface area contributed by atoms with Gasteiger partial charge in [0, 0.05) is 77.6 Å². The first-order chi connectivity index (χ1) is 26.3. The average molecular weight is 724 g/mol. The molecule has 11 aromatic rings. The molecule has 0 radical (unpaired) electrons. The summed E-state index contributed by atoms with van der Waals surface area (Å²) in [7, 11) is 0. The van der Waals surface area contributed by atoms with Crippen LogP contribution in [-0.4, -0.2) is 6.71 Å². The molecule has 5 heteroatoms. The van der Waals surface area contributed by atoms with Crippen molar-refractivity contribution in [3.05, 3.63) is 158 Å². The first kappa shape index (κ1) is 28.8. The number of hydrogen-bond donors (Lipinski definition) is 0. The van der Waals surface area contributed by atoms with Crippen LogP contribution in [0.25, 0.3) is 82.8 Å². The van der Waals surface area contributed by atoms with Gasteiger partial charge in [0.2, 0.25) is 6.71 Å². The first-order valence-electron chi connectivity index (χ1n) is 18.1. The third-order valence-electron chi connectivity index (χ3n) is 11.7. The molecule has 3 aromatic heterocycles. The van der Waals surface area contributed by atoms with Crippen LogP contribution in [0, 0.1) is 0 Å². The summed E-state index contributed by atoms with van der Waals surface area (Å²) in [4.78, 5) is 2.58. The largest absolute Gasteiger partial charge is 0.311 e. The van der Waals surface area contributed by atoms with E-state index < -0.39 is 0 Å². The molecular formula is C48H26BNS3. The summed E-state index contributed by atoms with van der Waals surface area (Å²) in [5.74, 6) is 0. The Hall–Kier alpha value is -5.72. The maximum atomic E-state index is 2.58. The van der Waals surface area contributed by atoms with Crippen LogP contribution in [0.5, 0.6) is 0 Å². The van der Waals surface area contributed by atoms with Gasteiger partial charge >= 0.3 is 0 Å². The van der Waals surface area contributed by atoms with Gasteiger partial charge in [-0.05, 0) is 99.9 Å². The summed E-state index contributed by atoms with van der Waals surface area (Å²) < 4.78 is 8.06. The van der Waals surface area contributed by atoms with Gasteiger partial charge in [0.1, 0.15) is 0 Å². The van der Waals surface area contributed by atoms with Crippen LogP contribution >= 0.6 is 34.0 Å². The maximum Gasteiger partial charge on any atom is 0.248 e. The predicted octanol–water partition coefficient (Wildman–Crippen LogP) is 12.7. The number of hydrogen-bond acceptors (Lipinski definition) is 4. The molecule has 0 spiro atoms. The molecule has 0 unspecified atom stereocenters. The SMILES string of the molecule is c1ccc(-c2ccc3c4c2-c2cc5c(cc2B4c2cc4sc6ccccc6c4cc2N3c2ccc3sc4ccccc4c3c2)sc2ccccc25)cc1. The summed E-state index contributed by atoms with van der Waals surface area (Å²) in [6.07, 6.45) is 0. The van der Waals surface area contributed by atoms with Crippen LogP contribution in [0.15, 0.2) is 158 Å². The lowest BCUT2D eigenvalue weighted by molar-refractivity contribution is 1.31. The van der Waals surface area contributed by atoms with Crippen molar-refractivity contribution in [2.24, 2.45) is 0 Å². The standard InChI is InChI=1S/C48H26BNS3/c1-2-10-27(11-3-1)29-19-20-39-48-47(29)36-23-34-31-13-5-8-16-42(31)52-45(34)25-37(36)49(48)38-26-46-35(32-14-6-9-17-43(32)53-46)24-40(38)50(39)28-18-21-44-33(22-28)30-12-4-7-15-41(30)51-44/h1-26H. The second-order valence-electron chi connectivity index (χ2n) is 14.4. The molecule has 0 atom stereocenters. The van der Waals surface area contributed by atoms with Crippen molar-refractivity contribution in [2.75, 3.05) is 4.90 Å². The quantitative estimate of drug-likeness (QED) is 0.161. The van der Waals surface area contributed by atoms with Crippen LogP contribution in [-0.2, 0) is 0 Å². The third kappa shape index (κ3) is 3.86. The Labute approximate surface area is 317 Å². The number of fused-ring (bicyclic) bond motifs is 14. The average Bonchev–Trinajstić information content (AvgIpc) is 3.96. The zero-order valence-corrected chi connectivity index (χ0v) is 30.7. The summed E-state index contributed by atoms with van der Waals surface area (Å²) in [5, 5.41) is 8.01. The van der Waals surface area contributed by atoms with E-state index in [2.05, 4.69) is 163 Å². The summed E-state index contributed by atoms with van der Waals surface area (Å²) in [6, 6.07) is 59.7. The molecule has 0 amide bonds. The molecule has 5 heterocycles. The summed E-state index contributed by atoms with van der Waals surface area (Å²) >= 11 is 5.72. The van der Waals surface area contributed by atoms with Crippen molar-refractivity contribution < 1.29 is 0 Å². The molecule has 0 N–H and O–H groups in total. The highest BCUT2D eigenvalue weighted by Gasteiger charge is 2.44. The molecule has 2 aliphatic rings. The second-order valence-corrected chi connectivity index (χ2v) is 17.6. The molecule has 0 saturated carbocycles. The molecule has 0 aliphatic carbocycles. The minimum absolute atomic E-state index is 0.125. The topological polar surface area (TPSA) is 3.24 Å². The van der Waals surface area contributed by atoms with E-state index in [0.29, 0.717) is 0 Å². The zero-order chi connectivity index (χ0) is 34.4. The Bertz CT molecular complexity index is 3370. The van der Waals surface area contributed by atoms with Gasteiger partial charge in [-0.2, -0.15) is 0 Å². The Morgan fingerprint density at radius 2 is 0.943 bits per heavy atom. The van der Waals surface area contributed by atoms with E-state index in [9.17, 15) is 0 Å². The van der Waals surface area contributed by atoms with E-state index >= 15 is 0 Å². The smallest absolute Gasteiger partial charge is 0.248 e. The Morgan fingerprint density at radius 1 is 0.377 bits per heavy atom. The normalized spacial score (nSPS) is 13.2. The zero-order valence-electron chi connectivity index (χ0n) is 28.3. The molecule has 1 nitrogen and oxygen atoms in total. The van der Waals surface area contributed by atoms with E-state index in [4.69, 9.17) is 0 Å². The van der Waals surface area contributed by atoms with Crippen LogP contribution < -0.4 is 21.3 Å². The van der Waals surface area contributed by atoms with Crippen LogP contribution in [0.1, 0.15) is 0 Å². The van der Waals surface area contributed by atoms with Crippen molar-refractivity contribution in [1.82, 2.24) is 0 Å². The molecule has 0 fully saturated rings. The van der Waals surface area contributed by atoms with Gasteiger partial charge in [0.05, 0.1) is 0 Å². The van der Waals surface area contributed by atoms with Crippen molar-refractivity contribution in [1.29, 1.82) is 0 Å². The van der Waals surface area contributed by atoms with Gasteiger partial charge in [0.15, 0.2) is 0 Å². The fourth-order valence-corrected chi connectivity index (χ4v) is 12.8. The minimum Gasteiger partial charge on any atom is -0.311 e. The molecule has 2 aliphatic heterocycles. The summed E-state index contributed by atoms with van der Waals surface area (Å²) in [6.45, 7) is 0.125. The number of nitrogens with zero attached hydrogens (tertiary/aromatic N) is 1. The maximum absolute atomic E-state index is 2.58. The minimum atomic E-state index is 0.125. The van der Waals surface area contributed by atoms with Crippen LogP contribution in [0.3, 0.4) is 0 Å². The monoisotopic (exact) mass is 723 g/mol. The van der Waals surface area contributed by atoms with Crippen LogP contribution in [0.2, 0.25) is 0 Å². The highest BCUT2D eigenvalue weighted by molar-refractivity contribution is 7.27. The van der Waals surface area contributed by atoms with Crippen molar-refractivity contribution in [3.63, 3.8) is 0 Å². The van der Waals surface area contributed by atoms with E-state index in [1.807, 2.05) is 34.0 Å². The van der Waals surface area contributed by atoms with Gasteiger partial charge in [-0.3, -0.25) is 0 Å². The molecule has 53 heavy (non-hydrogen) atoms. The summed E-state index contributed by atoms with van der Waals surface area (Å²) in [5.41, 5.74) is 13.3. The Balaban J connectivity index is 1.18. The van der Waals surface area contributed by atoms with Gasteiger partial charge < -0.3 is 4.90 Å². The first-order valence-corrected chi connectivity index (χ1v) is 20.6. The lowest BCUT2D eigenvalue weighted by Crippen LogP contribution is -2.54. The highest BCUT2D eigenvalue weighted by Crippen LogP contribution is 2.48. The Morgan fingerprint density at radius 3 is 1.64 bits per heavy atom. The molecule has 0 bridgehead atoms. The lowest BCUT2D eigenvalue weighted by Gasteiger charge is -2.36. The fourth-order valence-electron chi connectivity index (χ4n) is 9.43. The van der Waals surface area contributed by atoms with Gasteiger partial charge in [-0.15, -0.1) is 34.0 Å². The lowest BCUT2D eigenvalue weighted by atomic mass is 9.37. The highest BCUT2D eigenvalue weighted by atomic mass is 32.1. The van der Waals surface area contributed by atoms with Crippen molar-refractivity contribution >= 4 is 135 Å². The molecule has 244 valence electrons. The van der Waals surface area contributed by atoms with Crippen molar-refractivity contribution in [3.8, 4) is 22.3 Å². The predicted molar refractivity (Wildman–Crippen MR) is 235 cm³/mol. The van der Waals surface area contributed by atoms with E-state index in [1.54, 1.807) is 0 Å². The number of benzene rings is 8. The van der Waals surface area contributed by atoms with Crippen molar-refractivity contribution in [2.45, 2.75) is 0 Å². The molecule has 13 rings (SSSR count). The van der Waals surface area contributed by atoms with Gasteiger partial charge in [0.25, 0.3) is 0 Å². The third-order valence-corrected chi connectivity index (χ3v) is 15.1. The molecule has 8 aromatic carbocycles. The Kier molecular flexibility index (Phi) is 5.69. The van der Waals surface area contributed by atoms with E-state index in [-0.39, 0.29) is 6.71 Å². The van der Waals surface area contributed by atoms with Gasteiger partial charge in [-0.25, -0.2) is 0 Å². The van der Waals surface area contributed by atoms with Crippen LogP contribution in [0.4, 0.5) is 17.1 Å². The number of rotatable bonds is 2.